The smallest absolute Gasteiger partial charge is 0.407 e. The predicted octanol–water partition coefficient (Wildman–Crippen LogP) is 4.77. The minimum absolute atomic E-state index is 0.0947. The Balaban J connectivity index is 1.67. The van der Waals surface area contributed by atoms with Crippen LogP contribution in [-0.2, 0) is 0 Å². The molecule has 0 saturated carbocycles. The van der Waals surface area contributed by atoms with E-state index in [1.165, 1.54) is 17.0 Å². The van der Waals surface area contributed by atoms with Gasteiger partial charge in [0.05, 0.1) is 23.3 Å². The fourth-order valence-corrected chi connectivity index (χ4v) is 4.23. The van der Waals surface area contributed by atoms with Crippen LogP contribution >= 0.6 is 0 Å². The average molecular weight is 474 g/mol. The largest absolute Gasteiger partial charge is 0.465 e. The van der Waals surface area contributed by atoms with Crippen LogP contribution in [0, 0.1) is 12.7 Å². The monoisotopic (exact) mass is 474 g/mol. The first kappa shape index (κ1) is 23.5. The van der Waals surface area contributed by atoms with Crippen LogP contribution in [0.15, 0.2) is 30.5 Å². The second-order valence-corrected chi connectivity index (χ2v) is 8.37. The lowest BCUT2D eigenvalue weighted by Crippen LogP contribution is -2.53. The third kappa shape index (κ3) is 4.55. The van der Waals surface area contributed by atoms with Crippen LogP contribution in [0.1, 0.15) is 43.3 Å². The van der Waals surface area contributed by atoms with Crippen molar-refractivity contribution in [3.05, 3.63) is 53.2 Å². The summed E-state index contributed by atoms with van der Waals surface area (Å²) in [6.45, 7) is 6.49. The van der Waals surface area contributed by atoms with Gasteiger partial charge in [0.25, 0.3) is 6.43 Å². The zero-order valence-corrected chi connectivity index (χ0v) is 19.0. The number of aromatic nitrogens is 3. The first-order valence-electron chi connectivity index (χ1n) is 10.9. The Labute approximate surface area is 194 Å². The Morgan fingerprint density at radius 1 is 1.24 bits per heavy atom. The highest BCUT2D eigenvalue weighted by atomic mass is 19.3. The zero-order chi connectivity index (χ0) is 24.6. The van der Waals surface area contributed by atoms with E-state index in [4.69, 9.17) is 0 Å². The number of nitrogens with one attached hydrogen (secondary N) is 1. The summed E-state index contributed by atoms with van der Waals surface area (Å²) >= 11 is 0. The maximum atomic E-state index is 14.7. The zero-order valence-electron chi connectivity index (χ0n) is 19.0. The Kier molecular flexibility index (Phi) is 6.45. The van der Waals surface area contributed by atoms with Gasteiger partial charge in [0.15, 0.2) is 0 Å². The fraction of sp³-hybridized carbons (Fsp3) is 0.391. The van der Waals surface area contributed by atoms with Crippen molar-refractivity contribution in [1.82, 2.24) is 19.9 Å². The van der Waals surface area contributed by atoms with Crippen molar-refractivity contribution < 1.29 is 23.1 Å². The summed E-state index contributed by atoms with van der Waals surface area (Å²) in [6.07, 6.45) is -2.25. The first-order valence-corrected chi connectivity index (χ1v) is 10.9. The maximum absolute atomic E-state index is 14.7. The lowest BCUT2D eigenvalue weighted by atomic mass is 10.0. The molecular weight excluding hydrogens is 449 g/mol. The average Bonchev–Trinajstić information content (AvgIpc) is 2.78. The molecule has 3 aromatic rings. The summed E-state index contributed by atoms with van der Waals surface area (Å²) in [5.74, 6) is 0.596. The number of anilines is 2. The molecule has 0 unspecified atom stereocenters. The molecule has 2 aromatic heterocycles. The van der Waals surface area contributed by atoms with Crippen molar-refractivity contribution >= 4 is 28.6 Å². The maximum Gasteiger partial charge on any atom is 0.407 e. The topological polar surface area (TPSA) is 94.5 Å². The number of hydrogen-bond donors (Lipinski definition) is 2. The summed E-state index contributed by atoms with van der Waals surface area (Å²) in [7, 11) is 0. The molecular formula is C23H25F3N6O2. The second kappa shape index (κ2) is 9.32. The molecule has 11 heteroatoms. The molecule has 4 rings (SSSR count). The number of benzene rings is 1. The van der Waals surface area contributed by atoms with Crippen LogP contribution < -0.4 is 10.2 Å². The molecule has 1 aliphatic rings. The number of nitrogens with zero attached hydrogens (tertiary/aromatic N) is 5. The van der Waals surface area contributed by atoms with E-state index in [-0.39, 0.29) is 11.6 Å². The molecule has 1 amide bonds. The summed E-state index contributed by atoms with van der Waals surface area (Å²) in [4.78, 5) is 28.1. The third-order valence-electron chi connectivity index (χ3n) is 5.99. The number of fused-ring (bicyclic) bond motifs is 1. The van der Waals surface area contributed by atoms with E-state index in [0.717, 1.165) is 6.07 Å². The van der Waals surface area contributed by atoms with Gasteiger partial charge in [-0.1, -0.05) is 18.2 Å². The van der Waals surface area contributed by atoms with E-state index in [9.17, 15) is 23.1 Å². The Morgan fingerprint density at radius 2 is 1.97 bits per heavy atom. The van der Waals surface area contributed by atoms with Gasteiger partial charge in [-0.05, 0) is 26.8 Å². The number of carboxylic acid groups (broad SMARTS) is 1. The lowest BCUT2D eigenvalue weighted by molar-refractivity contribution is 0.136. The van der Waals surface area contributed by atoms with E-state index in [0.29, 0.717) is 48.0 Å². The highest BCUT2D eigenvalue weighted by Crippen LogP contribution is 2.31. The summed E-state index contributed by atoms with van der Waals surface area (Å²) < 4.78 is 41.0. The second-order valence-electron chi connectivity index (χ2n) is 8.37. The van der Waals surface area contributed by atoms with E-state index < -0.39 is 29.9 Å². The van der Waals surface area contributed by atoms with Crippen molar-refractivity contribution in [2.24, 2.45) is 0 Å². The molecule has 1 saturated heterocycles. The summed E-state index contributed by atoms with van der Waals surface area (Å²) in [5, 5.41) is 13.0. The van der Waals surface area contributed by atoms with Gasteiger partial charge in [0, 0.05) is 36.6 Å². The molecule has 1 fully saturated rings. The molecule has 0 radical (unpaired) electrons. The number of aryl methyl sites for hydroxylation is 1. The highest BCUT2D eigenvalue weighted by Gasteiger charge is 2.28. The molecule has 1 aromatic carbocycles. The van der Waals surface area contributed by atoms with E-state index in [1.54, 1.807) is 20.0 Å². The van der Waals surface area contributed by atoms with Gasteiger partial charge < -0.3 is 20.2 Å². The molecule has 2 N–H and O–H groups in total. The number of halogens is 3. The Bertz CT molecular complexity index is 1220. The van der Waals surface area contributed by atoms with Crippen molar-refractivity contribution in [2.45, 2.75) is 39.3 Å². The van der Waals surface area contributed by atoms with Crippen LogP contribution in [-0.4, -0.2) is 56.7 Å². The Hall–Kier alpha value is -3.63. The van der Waals surface area contributed by atoms with E-state index in [2.05, 4.69) is 20.3 Å². The number of rotatable bonds is 5. The minimum atomic E-state index is -2.91. The molecule has 2 atom stereocenters. The third-order valence-corrected chi connectivity index (χ3v) is 5.99. The molecule has 0 spiro atoms. The molecule has 8 nitrogen and oxygen atoms in total. The lowest BCUT2D eigenvalue weighted by Gasteiger charge is -2.39. The molecule has 3 heterocycles. The van der Waals surface area contributed by atoms with Crippen molar-refractivity contribution in [3.8, 4) is 0 Å². The minimum Gasteiger partial charge on any atom is -0.465 e. The van der Waals surface area contributed by atoms with Crippen molar-refractivity contribution in [3.63, 3.8) is 0 Å². The quantitative estimate of drug-likeness (QED) is 0.550. The number of hydrogen-bond acceptors (Lipinski definition) is 6. The van der Waals surface area contributed by atoms with Crippen LogP contribution in [0.4, 0.5) is 29.6 Å². The van der Waals surface area contributed by atoms with Crippen molar-refractivity contribution in [2.75, 3.05) is 29.9 Å². The van der Waals surface area contributed by atoms with Crippen LogP contribution in [0.25, 0.3) is 10.9 Å². The number of alkyl halides is 2. The molecule has 0 aliphatic carbocycles. The number of pyridine rings is 1. The van der Waals surface area contributed by atoms with Gasteiger partial charge in [-0.3, -0.25) is 0 Å². The SMILES string of the molecule is Cc1nc(N[C@H](C)c2cccc(C(F)F)c2F)c2cc(N3CCN(C(=O)O)C[C@@H]3C)ncc2n1. The van der Waals surface area contributed by atoms with Gasteiger partial charge in [0.2, 0.25) is 0 Å². The standard InChI is InChI=1S/C23H25F3N6O2/c1-12-11-31(23(33)34)7-8-32(12)19-9-17-18(10-27-19)29-14(3)30-22(17)28-13(2)15-5-4-6-16(20(15)24)21(25)26/h4-6,9-10,12-13,21H,7-8,11H2,1-3H3,(H,33,34)(H,28,29,30)/t12-,13+/m0/s1. The van der Waals surface area contributed by atoms with Gasteiger partial charge in [-0.15, -0.1) is 0 Å². The van der Waals surface area contributed by atoms with Crippen LogP contribution in [0.5, 0.6) is 0 Å². The summed E-state index contributed by atoms with van der Waals surface area (Å²) in [5.41, 5.74) is 0.0374. The van der Waals surface area contributed by atoms with Gasteiger partial charge in [-0.2, -0.15) is 0 Å². The number of carbonyl (C=O) groups is 1. The molecule has 1 aliphatic heterocycles. The number of amides is 1. The number of piperazine rings is 1. The fourth-order valence-electron chi connectivity index (χ4n) is 4.23. The first-order chi connectivity index (χ1) is 16.2. The predicted molar refractivity (Wildman–Crippen MR) is 122 cm³/mol. The van der Waals surface area contributed by atoms with Gasteiger partial charge in [-0.25, -0.2) is 32.9 Å². The summed E-state index contributed by atoms with van der Waals surface area (Å²) in [6, 6.07) is 5.01. The van der Waals surface area contributed by atoms with Gasteiger partial charge in [0.1, 0.15) is 23.3 Å². The van der Waals surface area contributed by atoms with Gasteiger partial charge >= 0.3 is 6.09 Å². The molecule has 0 bridgehead atoms. The van der Waals surface area contributed by atoms with E-state index >= 15 is 0 Å². The Morgan fingerprint density at radius 3 is 2.65 bits per heavy atom. The van der Waals surface area contributed by atoms with Crippen LogP contribution in [0.2, 0.25) is 0 Å². The molecule has 180 valence electrons. The van der Waals surface area contributed by atoms with E-state index in [1.807, 2.05) is 17.9 Å². The van der Waals surface area contributed by atoms with Crippen molar-refractivity contribution in [1.29, 1.82) is 0 Å². The normalized spacial score (nSPS) is 17.3. The van der Waals surface area contributed by atoms with Crippen LogP contribution in [0.3, 0.4) is 0 Å². The molecule has 34 heavy (non-hydrogen) atoms. The highest BCUT2D eigenvalue weighted by molar-refractivity contribution is 5.90.